The second-order valence-corrected chi connectivity index (χ2v) is 8.07. The van der Waals surface area contributed by atoms with Gasteiger partial charge in [-0.05, 0) is 52.7 Å². The van der Waals surface area contributed by atoms with Crippen molar-refractivity contribution in [3.05, 3.63) is 58.6 Å². The topological polar surface area (TPSA) is 83.6 Å². The van der Waals surface area contributed by atoms with Gasteiger partial charge in [-0.1, -0.05) is 18.2 Å². The lowest BCUT2D eigenvalue weighted by Gasteiger charge is -2.16. The summed E-state index contributed by atoms with van der Waals surface area (Å²) in [6.07, 6.45) is 1.25. The van der Waals surface area contributed by atoms with Gasteiger partial charge < -0.3 is 4.90 Å². The van der Waals surface area contributed by atoms with Gasteiger partial charge in [0.25, 0.3) is 15.9 Å². The third kappa shape index (κ3) is 3.74. The predicted molar refractivity (Wildman–Crippen MR) is 96.8 cm³/mol. The van der Waals surface area contributed by atoms with E-state index in [2.05, 4.69) is 20.7 Å². The Morgan fingerprint density at radius 1 is 1.12 bits per heavy atom. The molecule has 0 bridgehead atoms. The average molecular weight is 423 g/mol. The van der Waals surface area contributed by atoms with E-state index < -0.39 is 15.9 Å². The molecule has 2 aromatic carbocycles. The van der Waals surface area contributed by atoms with Crippen LogP contribution in [0.1, 0.15) is 23.2 Å². The van der Waals surface area contributed by atoms with Gasteiger partial charge in [-0.15, -0.1) is 0 Å². The largest absolute Gasteiger partial charge is 0.312 e. The maximum Gasteiger partial charge on any atom is 0.265 e. The fourth-order valence-corrected chi connectivity index (χ4v) is 4.61. The number of hydrogen-bond donors (Lipinski definition) is 1. The zero-order valence-electron chi connectivity index (χ0n) is 13.1. The van der Waals surface area contributed by atoms with Crippen molar-refractivity contribution >= 4 is 43.5 Å². The molecule has 25 heavy (non-hydrogen) atoms. The lowest BCUT2D eigenvalue weighted by Crippen LogP contribution is -2.31. The van der Waals surface area contributed by atoms with E-state index >= 15 is 0 Å². The zero-order valence-corrected chi connectivity index (χ0v) is 15.5. The van der Waals surface area contributed by atoms with Gasteiger partial charge in [0.05, 0.1) is 0 Å². The molecule has 1 N–H and O–H groups in total. The maximum atomic E-state index is 12.4. The van der Waals surface area contributed by atoms with Crippen LogP contribution in [0.15, 0.2) is 57.9 Å². The van der Waals surface area contributed by atoms with Crippen LogP contribution in [0.2, 0.25) is 0 Å². The third-order valence-corrected chi connectivity index (χ3v) is 6.19. The van der Waals surface area contributed by atoms with Crippen LogP contribution in [0.4, 0.5) is 5.69 Å². The minimum Gasteiger partial charge on any atom is -0.312 e. The summed E-state index contributed by atoms with van der Waals surface area (Å²) in [6.45, 7) is 0.596. The first-order valence-corrected chi connectivity index (χ1v) is 9.88. The van der Waals surface area contributed by atoms with Crippen molar-refractivity contribution in [3.63, 3.8) is 0 Å². The van der Waals surface area contributed by atoms with Gasteiger partial charge in [0, 0.05) is 28.7 Å². The molecule has 1 aliphatic heterocycles. The summed E-state index contributed by atoms with van der Waals surface area (Å²) in [4.78, 5) is 25.8. The van der Waals surface area contributed by atoms with E-state index in [4.69, 9.17) is 0 Å². The molecule has 0 unspecified atom stereocenters. The highest BCUT2D eigenvalue weighted by atomic mass is 79.9. The molecule has 0 atom stereocenters. The molecule has 6 nitrogen and oxygen atoms in total. The van der Waals surface area contributed by atoms with Crippen LogP contribution in [-0.4, -0.2) is 26.8 Å². The summed E-state index contributed by atoms with van der Waals surface area (Å²) in [5, 5.41) is 0. The molecule has 0 aromatic heterocycles. The SMILES string of the molecule is O=C(NS(=O)(=O)c1ccccc1Br)c1cccc(N2CCCC2=O)c1. The lowest BCUT2D eigenvalue weighted by atomic mass is 10.2. The first kappa shape index (κ1) is 17.6. The quantitative estimate of drug-likeness (QED) is 0.820. The average Bonchev–Trinajstić information content (AvgIpc) is 3.01. The number of hydrogen-bond acceptors (Lipinski definition) is 4. The highest BCUT2D eigenvalue weighted by molar-refractivity contribution is 9.10. The van der Waals surface area contributed by atoms with E-state index in [-0.39, 0.29) is 16.4 Å². The number of nitrogens with one attached hydrogen (secondary N) is 1. The van der Waals surface area contributed by atoms with Crippen LogP contribution in [0.3, 0.4) is 0 Å². The molecule has 2 aromatic rings. The summed E-state index contributed by atoms with van der Waals surface area (Å²) in [7, 11) is -4.01. The Hall–Kier alpha value is -2.19. The van der Waals surface area contributed by atoms with E-state index in [1.807, 2.05) is 0 Å². The Balaban J connectivity index is 1.84. The number of rotatable bonds is 4. The second-order valence-electron chi connectivity index (χ2n) is 5.56. The third-order valence-electron chi connectivity index (χ3n) is 3.85. The zero-order chi connectivity index (χ0) is 18.0. The van der Waals surface area contributed by atoms with E-state index in [1.165, 1.54) is 18.2 Å². The van der Waals surface area contributed by atoms with Crippen molar-refractivity contribution in [2.45, 2.75) is 17.7 Å². The van der Waals surface area contributed by atoms with Crippen LogP contribution in [0.5, 0.6) is 0 Å². The van der Waals surface area contributed by atoms with Gasteiger partial charge in [-0.2, -0.15) is 0 Å². The van der Waals surface area contributed by atoms with E-state index in [0.717, 1.165) is 6.42 Å². The van der Waals surface area contributed by atoms with E-state index in [1.54, 1.807) is 35.2 Å². The van der Waals surface area contributed by atoms with Crippen LogP contribution in [0.25, 0.3) is 0 Å². The number of amides is 2. The Bertz CT molecular complexity index is 943. The summed E-state index contributed by atoms with van der Waals surface area (Å²) in [5.74, 6) is -0.748. The molecule has 0 aliphatic carbocycles. The lowest BCUT2D eigenvalue weighted by molar-refractivity contribution is -0.117. The molecule has 0 radical (unpaired) electrons. The fraction of sp³-hybridized carbons (Fsp3) is 0.176. The molecule has 130 valence electrons. The minimum atomic E-state index is -4.01. The molecule has 1 aliphatic rings. The van der Waals surface area contributed by atoms with Crippen LogP contribution in [-0.2, 0) is 14.8 Å². The Kier molecular flexibility index (Phi) is 4.91. The molecule has 1 fully saturated rings. The van der Waals surface area contributed by atoms with Gasteiger partial charge in [-0.25, -0.2) is 13.1 Å². The number of nitrogens with zero attached hydrogens (tertiary/aromatic N) is 1. The maximum absolute atomic E-state index is 12.4. The molecule has 0 saturated carbocycles. The van der Waals surface area contributed by atoms with Crippen molar-refractivity contribution in [1.29, 1.82) is 0 Å². The molecule has 0 spiro atoms. The number of carbonyl (C=O) groups excluding carboxylic acids is 2. The summed E-state index contributed by atoms with van der Waals surface area (Å²) >= 11 is 3.17. The van der Waals surface area contributed by atoms with Gasteiger partial charge in [0.2, 0.25) is 5.91 Å². The van der Waals surface area contributed by atoms with Crippen molar-refractivity contribution in [1.82, 2.24) is 4.72 Å². The standard InChI is InChI=1S/C17H15BrN2O4S/c18-14-7-1-2-8-15(14)25(23,24)19-17(22)12-5-3-6-13(11-12)20-10-4-9-16(20)21/h1-3,5-8,11H,4,9-10H2,(H,19,22). The second kappa shape index (κ2) is 6.97. The van der Waals surface area contributed by atoms with E-state index in [9.17, 15) is 18.0 Å². The monoisotopic (exact) mass is 422 g/mol. The fourth-order valence-electron chi connectivity index (χ4n) is 2.63. The molecule has 2 amide bonds. The number of halogens is 1. The van der Waals surface area contributed by atoms with E-state index in [0.29, 0.717) is 23.1 Å². The van der Waals surface area contributed by atoms with Gasteiger partial charge in [-0.3, -0.25) is 9.59 Å². The summed E-state index contributed by atoms with van der Waals surface area (Å²) in [6, 6.07) is 12.6. The van der Waals surface area contributed by atoms with Gasteiger partial charge in [0.1, 0.15) is 4.90 Å². The smallest absolute Gasteiger partial charge is 0.265 e. The number of carbonyl (C=O) groups is 2. The van der Waals surface area contributed by atoms with Crippen LogP contribution >= 0.6 is 15.9 Å². The van der Waals surface area contributed by atoms with Crippen LogP contribution in [0, 0.1) is 0 Å². The molecular formula is C17H15BrN2O4S. The normalized spacial score (nSPS) is 14.6. The Labute approximate surface area is 154 Å². The molecular weight excluding hydrogens is 408 g/mol. The van der Waals surface area contributed by atoms with Crippen molar-refractivity contribution in [3.8, 4) is 0 Å². The van der Waals surface area contributed by atoms with Gasteiger partial charge in [0.15, 0.2) is 0 Å². The molecule has 8 heteroatoms. The first-order chi connectivity index (χ1) is 11.9. The number of benzene rings is 2. The Morgan fingerprint density at radius 2 is 1.88 bits per heavy atom. The number of sulfonamides is 1. The van der Waals surface area contributed by atoms with Crippen molar-refractivity contribution < 1.29 is 18.0 Å². The summed E-state index contributed by atoms with van der Waals surface area (Å²) < 4.78 is 27.2. The van der Waals surface area contributed by atoms with Crippen LogP contribution < -0.4 is 9.62 Å². The first-order valence-electron chi connectivity index (χ1n) is 7.60. The van der Waals surface area contributed by atoms with Gasteiger partial charge >= 0.3 is 0 Å². The highest BCUT2D eigenvalue weighted by Crippen LogP contribution is 2.23. The Morgan fingerprint density at radius 3 is 2.56 bits per heavy atom. The summed E-state index contributed by atoms with van der Waals surface area (Å²) in [5.41, 5.74) is 0.765. The predicted octanol–water partition coefficient (Wildman–Crippen LogP) is 2.69. The number of anilines is 1. The van der Waals surface area contributed by atoms with Crippen molar-refractivity contribution in [2.75, 3.05) is 11.4 Å². The van der Waals surface area contributed by atoms with Crippen molar-refractivity contribution in [2.24, 2.45) is 0 Å². The molecule has 1 saturated heterocycles. The molecule has 1 heterocycles. The minimum absolute atomic E-state index is 0.00149. The molecule has 3 rings (SSSR count). The highest BCUT2D eigenvalue weighted by Gasteiger charge is 2.24.